The zero-order chi connectivity index (χ0) is 25.5. The van der Waals surface area contributed by atoms with Crippen molar-refractivity contribution in [2.75, 3.05) is 0 Å². The van der Waals surface area contributed by atoms with Gasteiger partial charge in [0.25, 0.3) is 0 Å². The van der Waals surface area contributed by atoms with Gasteiger partial charge < -0.3 is 14.4 Å². The molecule has 0 amide bonds. The predicted molar refractivity (Wildman–Crippen MR) is 143 cm³/mol. The van der Waals surface area contributed by atoms with E-state index in [1.807, 2.05) is 48.6 Å². The highest BCUT2D eigenvalue weighted by Crippen LogP contribution is 2.28. The first kappa shape index (κ1) is 25.3. The van der Waals surface area contributed by atoms with Crippen LogP contribution in [0, 0.1) is 0 Å². The summed E-state index contributed by atoms with van der Waals surface area (Å²) in [5.74, 6) is 0.723. The number of aromatic nitrogens is 1. The molecule has 4 aromatic rings. The second kappa shape index (κ2) is 11.7. The van der Waals surface area contributed by atoms with Crippen LogP contribution in [-0.2, 0) is 19.4 Å². The summed E-state index contributed by atoms with van der Waals surface area (Å²) in [5.41, 5.74) is 4.98. The third-order valence-corrected chi connectivity index (χ3v) is 6.19. The van der Waals surface area contributed by atoms with Crippen molar-refractivity contribution in [1.29, 1.82) is 0 Å². The van der Waals surface area contributed by atoms with Crippen LogP contribution in [0.3, 0.4) is 0 Å². The third-order valence-electron chi connectivity index (χ3n) is 5.86. The number of benzene rings is 3. The normalized spacial score (nSPS) is 11.3. The Morgan fingerprint density at radius 2 is 1.83 bits per heavy atom. The summed E-state index contributed by atoms with van der Waals surface area (Å²) < 4.78 is 11.8. The highest BCUT2D eigenvalue weighted by molar-refractivity contribution is 6.32. The second-order valence-corrected chi connectivity index (χ2v) is 9.26. The number of aryl methyl sites for hydroxylation is 2. The van der Waals surface area contributed by atoms with Crippen molar-refractivity contribution >= 4 is 29.7 Å². The zero-order valence-corrected chi connectivity index (χ0v) is 21.0. The molecule has 0 saturated heterocycles. The van der Waals surface area contributed by atoms with Gasteiger partial charge in [0.05, 0.1) is 21.8 Å². The number of rotatable bonds is 10. The Morgan fingerprint density at radius 3 is 2.56 bits per heavy atom. The van der Waals surface area contributed by atoms with Crippen LogP contribution in [0.2, 0.25) is 5.02 Å². The van der Waals surface area contributed by atoms with E-state index in [1.165, 1.54) is 5.56 Å². The molecule has 0 aliphatic rings. The lowest BCUT2D eigenvalue weighted by Gasteiger charge is -2.10. The number of nitrogens with zero attached hydrogens (tertiary/aromatic N) is 1. The fraction of sp³-hybridized carbons (Fsp3) is 0.200. The molecule has 5 nitrogen and oxygen atoms in total. The SMILES string of the molecule is CC(C)c1onc(CCc2ccccc2)c1COc1ccc(/C=C/c2cccc(C(=O)O)c2)c(Cl)c1. The van der Waals surface area contributed by atoms with Gasteiger partial charge in [0.15, 0.2) is 0 Å². The van der Waals surface area contributed by atoms with E-state index in [-0.39, 0.29) is 11.5 Å². The van der Waals surface area contributed by atoms with E-state index in [4.69, 9.17) is 26.0 Å². The Balaban J connectivity index is 1.45. The van der Waals surface area contributed by atoms with Crippen molar-refractivity contribution in [2.24, 2.45) is 0 Å². The first-order chi connectivity index (χ1) is 17.4. The Morgan fingerprint density at radius 1 is 1.03 bits per heavy atom. The number of halogens is 1. The lowest BCUT2D eigenvalue weighted by molar-refractivity contribution is 0.0697. The van der Waals surface area contributed by atoms with Crippen LogP contribution >= 0.6 is 11.6 Å². The standard InChI is InChI=1S/C30H28ClNO4/c1-20(2)29-26(28(32-36-29)16-12-21-7-4-3-5-8-21)19-35-25-15-14-23(27(31)18-25)13-11-22-9-6-10-24(17-22)30(33)34/h3-11,13-15,17-18,20H,12,16,19H2,1-2H3,(H,33,34)/b13-11+. The second-order valence-electron chi connectivity index (χ2n) is 8.85. The topological polar surface area (TPSA) is 72.6 Å². The van der Waals surface area contributed by atoms with E-state index >= 15 is 0 Å². The van der Waals surface area contributed by atoms with Crippen LogP contribution in [-0.4, -0.2) is 16.2 Å². The molecule has 0 radical (unpaired) electrons. The monoisotopic (exact) mass is 501 g/mol. The molecule has 1 heterocycles. The van der Waals surface area contributed by atoms with Crippen LogP contribution in [0.4, 0.5) is 0 Å². The van der Waals surface area contributed by atoms with E-state index in [0.29, 0.717) is 17.4 Å². The summed E-state index contributed by atoms with van der Waals surface area (Å²) >= 11 is 6.51. The lowest BCUT2D eigenvalue weighted by atomic mass is 10.0. The molecule has 6 heteroatoms. The van der Waals surface area contributed by atoms with Gasteiger partial charge in [0, 0.05) is 5.92 Å². The lowest BCUT2D eigenvalue weighted by Crippen LogP contribution is -2.04. The number of ether oxygens (including phenoxy) is 1. The van der Waals surface area contributed by atoms with E-state index in [9.17, 15) is 4.79 Å². The van der Waals surface area contributed by atoms with Gasteiger partial charge in [-0.05, 0) is 59.9 Å². The van der Waals surface area contributed by atoms with Gasteiger partial charge in [-0.15, -0.1) is 0 Å². The van der Waals surface area contributed by atoms with Gasteiger partial charge >= 0.3 is 5.97 Å². The average Bonchev–Trinajstić information content (AvgIpc) is 3.29. The molecular weight excluding hydrogens is 474 g/mol. The van der Waals surface area contributed by atoms with Crippen LogP contribution in [0.1, 0.15) is 63.8 Å². The molecule has 0 spiro atoms. The maximum atomic E-state index is 11.2. The van der Waals surface area contributed by atoms with Crippen LogP contribution in [0.25, 0.3) is 12.2 Å². The highest BCUT2D eigenvalue weighted by Gasteiger charge is 2.19. The summed E-state index contributed by atoms with van der Waals surface area (Å²) in [6.45, 7) is 4.50. The summed E-state index contributed by atoms with van der Waals surface area (Å²) in [5, 5.41) is 14.0. The van der Waals surface area contributed by atoms with Gasteiger partial charge in [0.2, 0.25) is 0 Å². The number of carbonyl (C=O) groups is 1. The first-order valence-corrected chi connectivity index (χ1v) is 12.2. The summed E-state index contributed by atoms with van der Waals surface area (Å²) in [6.07, 6.45) is 5.33. The third kappa shape index (κ3) is 6.43. The smallest absolute Gasteiger partial charge is 0.335 e. The molecule has 0 atom stereocenters. The number of hydrogen-bond donors (Lipinski definition) is 1. The predicted octanol–water partition coefficient (Wildman–Crippen LogP) is 7.68. The van der Waals surface area contributed by atoms with Crippen molar-refractivity contribution < 1.29 is 19.2 Å². The minimum Gasteiger partial charge on any atom is -0.489 e. The summed E-state index contributed by atoms with van der Waals surface area (Å²) in [7, 11) is 0. The van der Waals surface area contributed by atoms with Crippen molar-refractivity contribution in [3.63, 3.8) is 0 Å². The van der Waals surface area contributed by atoms with E-state index in [1.54, 1.807) is 24.3 Å². The number of aromatic carboxylic acids is 1. The fourth-order valence-corrected chi connectivity index (χ4v) is 4.15. The summed E-state index contributed by atoms with van der Waals surface area (Å²) in [4.78, 5) is 11.2. The van der Waals surface area contributed by atoms with Gasteiger partial charge in [-0.1, -0.05) is 85.2 Å². The van der Waals surface area contributed by atoms with Gasteiger partial charge in [0.1, 0.15) is 18.1 Å². The molecule has 3 aromatic carbocycles. The number of carboxylic acid groups (broad SMARTS) is 1. The molecule has 184 valence electrons. The van der Waals surface area contributed by atoms with Gasteiger partial charge in [-0.3, -0.25) is 0 Å². The van der Waals surface area contributed by atoms with Crippen molar-refractivity contribution in [3.8, 4) is 5.75 Å². The largest absolute Gasteiger partial charge is 0.489 e. The van der Waals surface area contributed by atoms with Crippen molar-refractivity contribution in [2.45, 2.75) is 39.2 Å². The maximum absolute atomic E-state index is 11.2. The fourth-order valence-electron chi connectivity index (χ4n) is 3.92. The molecule has 1 N–H and O–H groups in total. The van der Waals surface area contributed by atoms with Gasteiger partial charge in [-0.2, -0.15) is 0 Å². The number of carboxylic acids is 1. The molecule has 0 aliphatic carbocycles. The molecular formula is C30H28ClNO4. The Kier molecular flexibility index (Phi) is 8.24. The van der Waals surface area contributed by atoms with Crippen molar-refractivity contribution in [3.05, 3.63) is 117 Å². The van der Waals surface area contributed by atoms with Gasteiger partial charge in [-0.25, -0.2) is 4.79 Å². The van der Waals surface area contributed by atoms with Crippen LogP contribution in [0.15, 0.2) is 77.3 Å². The first-order valence-electron chi connectivity index (χ1n) is 11.9. The quantitative estimate of drug-likeness (QED) is 0.225. The van der Waals surface area contributed by atoms with E-state index < -0.39 is 5.97 Å². The van der Waals surface area contributed by atoms with Crippen LogP contribution in [0.5, 0.6) is 5.75 Å². The molecule has 0 saturated carbocycles. The number of hydrogen-bond acceptors (Lipinski definition) is 4. The Bertz CT molecular complexity index is 1360. The van der Waals surface area contributed by atoms with Crippen molar-refractivity contribution in [1.82, 2.24) is 5.16 Å². The maximum Gasteiger partial charge on any atom is 0.335 e. The zero-order valence-electron chi connectivity index (χ0n) is 20.3. The minimum absolute atomic E-state index is 0.192. The molecule has 0 bridgehead atoms. The Hall–Kier alpha value is -3.83. The molecule has 1 aromatic heterocycles. The molecule has 0 aliphatic heterocycles. The average molecular weight is 502 g/mol. The minimum atomic E-state index is -0.957. The molecule has 4 rings (SSSR count). The summed E-state index contributed by atoms with van der Waals surface area (Å²) in [6, 6.07) is 22.6. The molecule has 0 unspecified atom stereocenters. The molecule has 36 heavy (non-hydrogen) atoms. The van der Waals surface area contributed by atoms with E-state index in [2.05, 4.69) is 31.1 Å². The highest BCUT2D eigenvalue weighted by atomic mass is 35.5. The Labute approximate surface area is 216 Å². The van der Waals surface area contributed by atoms with E-state index in [0.717, 1.165) is 41.0 Å². The molecule has 0 fully saturated rings. The van der Waals surface area contributed by atoms with Crippen LogP contribution < -0.4 is 4.74 Å².